The number of rotatable bonds is 8. The average molecular weight is 408 g/mol. The van der Waals surface area contributed by atoms with E-state index < -0.39 is 34.2 Å². The lowest BCUT2D eigenvalue weighted by Gasteiger charge is -2.26. The molecule has 1 N–H and O–H groups in total. The molecule has 1 atom stereocenters. The molecule has 152 valence electrons. The Morgan fingerprint density at radius 1 is 1.18 bits per heavy atom. The average Bonchev–Trinajstić information content (AvgIpc) is 2.60. The molecule has 1 aromatic rings. The summed E-state index contributed by atoms with van der Waals surface area (Å²) in [5.41, 5.74) is 0.359. The number of benzene rings is 1. The van der Waals surface area contributed by atoms with Gasteiger partial charge in [0, 0.05) is 5.69 Å². The van der Waals surface area contributed by atoms with Crippen molar-refractivity contribution in [2.45, 2.75) is 31.3 Å². The Morgan fingerprint density at radius 2 is 1.79 bits per heavy atom. The van der Waals surface area contributed by atoms with Gasteiger partial charge in [-0.2, -0.15) is 0 Å². The van der Waals surface area contributed by atoms with Crippen LogP contribution in [0, 0.1) is 0 Å². The van der Waals surface area contributed by atoms with E-state index >= 15 is 0 Å². The highest BCUT2D eigenvalue weighted by atomic mass is 32.2. The minimum absolute atomic E-state index is 0.135. The van der Waals surface area contributed by atoms with Crippen LogP contribution < -0.4 is 4.72 Å². The first kappa shape index (κ1) is 22.0. The molecule has 0 radical (unpaired) electrons. The molecule has 1 aromatic carbocycles. The minimum Gasteiger partial charge on any atom is -0.497 e. The number of unbranched alkanes of at least 4 members (excludes halogenated alkanes) is 2. The smallest absolute Gasteiger partial charge is 0.497 e. The van der Waals surface area contributed by atoms with Gasteiger partial charge in [0.1, 0.15) is 0 Å². The number of anilines is 1. The first-order valence-electron chi connectivity index (χ1n) is 9.12. The largest absolute Gasteiger partial charge is 0.624 e. The zero-order chi connectivity index (χ0) is 20.6. The van der Waals surface area contributed by atoms with Gasteiger partial charge in [0.25, 0.3) is 0 Å². The van der Waals surface area contributed by atoms with Crippen molar-refractivity contribution in [1.29, 1.82) is 0 Å². The summed E-state index contributed by atoms with van der Waals surface area (Å²) in [6, 6.07) is 8.33. The number of carbonyl (C=O) groups excluding carboxylic acids is 2. The van der Waals surface area contributed by atoms with Crippen LogP contribution >= 0.6 is 0 Å². The van der Waals surface area contributed by atoms with Gasteiger partial charge in [-0.25, -0.2) is 8.42 Å². The molecule has 1 saturated heterocycles. The van der Waals surface area contributed by atoms with Gasteiger partial charge >= 0.3 is 19.1 Å². The van der Waals surface area contributed by atoms with Gasteiger partial charge in [0.2, 0.25) is 10.0 Å². The van der Waals surface area contributed by atoms with Gasteiger partial charge in [-0.3, -0.25) is 19.2 Å². The summed E-state index contributed by atoms with van der Waals surface area (Å²) in [6.07, 6.45) is 5.60. The summed E-state index contributed by atoms with van der Waals surface area (Å²) in [5.74, 6) is -1.33. The van der Waals surface area contributed by atoms with Gasteiger partial charge in [-0.05, 0) is 25.6 Å². The molecule has 1 unspecified atom stereocenters. The number of hydrogen-bond donors (Lipinski definition) is 1. The minimum atomic E-state index is -4.06. The van der Waals surface area contributed by atoms with E-state index in [1.807, 2.05) is 6.92 Å². The molecular formula is C18H25BN2O6S. The number of allylic oxidation sites excluding steroid dienone is 1. The molecule has 0 aromatic heterocycles. The van der Waals surface area contributed by atoms with Gasteiger partial charge in [-0.1, -0.05) is 50.1 Å². The predicted octanol–water partition coefficient (Wildman–Crippen LogP) is 1.60. The van der Waals surface area contributed by atoms with Crippen molar-refractivity contribution in [1.82, 2.24) is 4.90 Å². The topological polar surface area (TPSA) is 102 Å². The van der Waals surface area contributed by atoms with Crippen LogP contribution in [-0.4, -0.2) is 57.7 Å². The molecule has 8 nitrogen and oxygen atoms in total. The predicted molar refractivity (Wildman–Crippen MR) is 107 cm³/mol. The molecule has 0 bridgehead atoms. The van der Waals surface area contributed by atoms with Gasteiger partial charge < -0.3 is 9.31 Å². The number of nitrogens with zero attached hydrogens (tertiary/aromatic N) is 1. The van der Waals surface area contributed by atoms with E-state index in [1.165, 1.54) is 11.0 Å². The van der Waals surface area contributed by atoms with Crippen molar-refractivity contribution < 1.29 is 27.3 Å². The number of nitrogens with one attached hydrogen (secondary N) is 1. The SMILES string of the molecule is CCCC/C=C/C(B1OC(=O)CN(C)CC(=O)O1)S(=O)(=O)Nc1ccccc1. The van der Waals surface area contributed by atoms with E-state index in [4.69, 9.17) is 9.31 Å². The second kappa shape index (κ2) is 10.3. The van der Waals surface area contributed by atoms with Crippen molar-refractivity contribution in [2.24, 2.45) is 0 Å². The lowest BCUT2D eigenvalue weighted by atomic mass is 9.83. The Bertz CT molecular complexity index is 780. The third-order valence-corrected chi connectivity index (χ3v) is 5.62. The molecule has 0 aliphatic carbocycles. The van der Waals surface area contributed by atoms with Crippen LogP contribution in [0.3, 0.4) is 0 Å². The molecule has 1 aliphatic heterocycles. The molecular weight excluding hydrogens is 383 g/mol. The van der Waals surface area contributed by atoms with Crippen molar-refractivity contribution in [2.75, 3.05) is 24.9 Å². The van der Waals surface area contributed by atoms with E-state index in [0.29, 0.717) is 12.1 Å². The van der Waals surface area contributed by atoms with E-state index in [1.54, 1.807) is 43.5 Å². The summed E-state index contributed by atoms with van der Waals surface area (Å²) >= 11 is 0. The maximum absolute atomic E-state index is 13.0. The van der Waals surface area contributed by atoms with Crippen LogP contribution in [-0.2, 0) is 28.9 Å². The second-order valence-corrected chi connectivity index (χ2v) is 8.41. The molecule has 10 heteroatoms. The first-order valence-corrected chi connectivity index (χ1v) is 10.7. The first-order chi connectivity index (χ1) is 13.3. The van der Waals surface area contributed by atoms with Crippen molar-refractivity contribution >= 4 is 34.8 Å². The second-order valence-electron chi connectivity index (χ2n) is 6.57. The Balaban J connectivity index is 2.30. The Kier molecular flexibility index (Phi) is 8.07. The summed E-state index contributed by atoms with van der Waals surface area (Å²) in [4.78, 5) is 25.5. The highest BCUT2D eigenvalue weighted by Gasteiger charge is 2.46. The molecule has 1 fully saturated rings. The zero-order valence-electron chi connectivity index (χ0n) is 16.0. The maximum Gasteiger partial charge on any atom is 0.624 e. The molecule has 2 rings (SSSR count). The number of hydrogen-bond acceptors (Lipinski definition) is 7. The summed E-state index contributed by atoms with van der Waals surface area (Å²) in [6.45, 7) is 1.75. The van der Waals surface area contributed by atoms with Crippen LogP contribution in [0.25, 0.3) is 0 Å². The van der Waals surface area contributed by atoms with Crippen LogP contribution in [0.2, 0.25) is 0 Å². The Labute approximate surface area is 166 Å². The Morgan fingerprint density at radius 3 is 2.36 bits per heavy atom. The van der Waals surface area contributed by atoms with Crippen LogP contribution in [0.1, 0.15) is 26.2 Å². The molecule has 0 spiro atoms. The Hall–Kier alpha value is -2.33. The van der Waals surface area contributed by atoms with Gasteiger partial charge in [-0.15, -0.1) is 0 Å². The summed E-state index contributed by atoms with van der Waals surface area (Å²) < 4.78 is 38.8. The van der Waals surface area contributed by atoms with E-state index in [2.05, 4.69) is 4.72 Å². The van der Waals surface area contributed by atoms with Gasteiger partial charge in [0.15, 0.2) is 5.15 Å². The lowest BCUT2D eigenvalue weighted by molar-refractivity contribution is -0.145. The maximum atomic E-state index is 13.0. The van der Waals surface area contributed by atoms with Crippen LogP contribution in [0.5, 0.6) is 0 Å². The summed E-state index contributed by atoms with van der Waals surface area (Å²) in [5, 5.41) is -1.37. The van der Waals surface area contributed by atoms with Crippen molar-refractivity contribution in [3.63, 3.8) is 0 Å². The molecule has 1 aliphatic rings. The fourth-order valence-corrected chi connectivity index (χ4v) is 3.94. The van der Waals surface area contributed by atoms with E-state index in [9.17, 15) is 18.0 Å². The van der Waals surface area contributed by atoms with E-state index in [-0.39, 0.29) is 13.1 Å². The highest BCUT2D eigenvalue weighted by molar-refractivity contribution is 7.94. The fraction of sp³-hybridized carbons (Fsp3) is 0.444. The highest BCUT2D eigenvalue weighted by Crippen LogP contribution is 2.17. The monoisotopic (exact) mass is 408 g/mol. The van der Waals surface area contributed by atoms with Gasteiger partial charge in [0.05, 0.1) is 13.1 Å². The fourth-order valence-electron chi connectivity index (χ4n) is 2.62. The van der Waals surface area contributed by atoms with Crippen molar-refractivity contribution in [3.8, 4) is 0 Å². The molecule has 0 amide bonds. The summed E-state index contributed by atoms with van der Waals surface area (Å²) in [7, 11) is -4.05. The number of carbonyl (C=O) groups is 2. The molecule has 28 heavy (non-hydrogen) atoms. The zero-order valence-corrected chi connectivity index (χ0v) is 16.9. The quantitative estimate of drug-likeness (QED) is 0.396. The number of para-hydroxylation sites is 1. The normalized spacial score (nSPS) is 17.6. The number of sulfonamides is 1. The molecule has 1 heterocycles. The number of likely N-dealkylation sites (N-methyl/N-ethyl adjacent to an activating group) is 1. The third kappa shape index (κ3) is 6.68. The lowest BCUT2D eigenvalue weighted by Crippen LogP contribution is -2.50. The van der Waals surface area contributed by atoms with E-state index in [0.717, 1.165) is 12.8 Å². The van der Waals surface area contributed by atoms with Crippen LogP contribution in [0.15, 0.2) is 42.5 Å². The third-order valence-electron chi connectivity index (χ3n) is 4.00. The van der Waals surface area contributed by atoms with Crippen molar-refractivity contribution in [3.05, 3.63) is 42.5 Å². The molecule has 0 saturated carbocycles. The standard InChI is InChI=1S/C18H25BN2O6S/c1-3-4-5-9-12-16(28(24,25)20-15-10-7-6-8-11-15)19-26-17(22)13-21(2)14-18(23)27-19/h6-12,16,20H,3-5,13-14H2,1-2H3/b12-9+. The van der Waals surface area contributed by atoms with Crippen LogP contribution in [0.4, 0.5) is 5.69 Å².